The van der Waals surface area contributed by atoms with Gasteiger partial charge in [0.25, 0.3) is 0 Å². The van der Waals surface area contributed by atoms with Gasteiger partial charge in [0, 0.05) is 32.3 Å². The van der Waals surface area contributed by atoms with Crippen molar-refractivity contribution in [2.75, 3.05) is 30.9 Å². The molecule has 0 saturated carbocycles. The number of anilines is 2. The molecule has 0 atom stereocenters. The van der Waals surface area contributed by atoms with Crippen molar-refractivity contribution >= 4 is 34.4 Å². The van der Waals surface area contributed by atoms with Crippen molar-refractivity contribution in [3.05, 3.63) is 41.0 Å². The van der Waals surface area contributed by atoms with Crippen molar-refractivity contribution in [1.82, 2.24) is 19.7 Å². The molecule has 0 bridgehead atoms. The molecule has 8 heteroatoms. The summed E-state index contributed by atoms with van der Waals surface area (Å²) in [5.74, 6) is 1.25. The van der Waals surface area contributed by atoms with Gasteiger partial charge in [0.05, 0.1) is 18.2 Å². The standard InChI is InChI=1S/C16H19ClN6O/c1-23-15-12(10-20-23)14(21-16(22-15)18-7-8-24-2)19-9-11-5-3-4-6-13(11)17/h3-6,10H,7-9H2,1-2H3,(H2,18,19,21,22). The van der Waals surface area contributed by atoms with Crippen molar-refractivity contribution in [3.8, 4) is 0 Å². The second kappa shape index (κ2) is 7.46. The summed E-state index contributed by atoms with van der Waals surface area (Å²) < 4.78 is 6.76. The van der Waals surface area contributed by atoms with E-state index in [-0.39, 0.29) is 0 Å². The molecule has 0 amide bonds. The monoisotopic (exact) mass is 346 g/mol. The second-order valence-electron chi connectivity index (χ2n) is 5.27. The molecule has 0 aliphatic heterocycles. The van der Waals surface area contributed by atoms with E-state index in [0.29, 0.717) is 31.5 Å². The number of benzene rings is 1. The van der Waals surface area contributed by atoms with Gasteiger partial charge in [0.15, 0.2) is 5.65 Å². The zero-order chi connectivity index (χ0) is 16.9. The number of hydrogen-bond acceptors (Lipinski definition) is 6. The van der Waals surface area contributed by atoms with Crippen molar-refractivity contribution in [2.24, 2.45) is 7.05 Å². The molecule has 2 aromatic heterocycles. The lowest BCUT2D eigenvalue weighted by atomic mass is 10.2. The Bertz CT molecular complexity index is 835. The van der Waals surface area contributed by atoms with Crippen LogP contribution in [0.3, 0.4) is 0 Å². The molecular formula is C16H19ClN6O. The number of nitrogens with one attached hydrogen (secondary N) is 2. The number of hydrogen-bond donors (Lipinski definition) is 2. The second-order valence-corrected chi connectivity index (χ2v) is 5.67. The van der Waals surface area contributed by atoms with Gasteiger partial charge in [0.1, 0.15) is 5.82 Å². The largest absolute Gasteiger partial charge is 0.383 e. The number of aromatic nitrogens is 4. The molecule has 2 N–H and O–H groups in total. The summed E-state index contributed by atoms with van der Waals surface area (Å²) in [6.07, 6.45) is 1.75. The fraction of sp³-hybridized carbons (Fsp3) is 0.312. The molecule has 0 unspecified atom stereocenters. The molecule has 0 fully saturated rings. The van der Waals surface area contributed by atoms with Gasteiger partial charge in [-0.05, 0) is 11.6 Å². The summed E-state index contributed by atoms with van der Waals surface area (Å²) in [6, 6.07) is 7.72. The molecule has 3 aromatic rings. The van der Waals surface area contributed by atoms with E-state index >= 15 is 0 Å². The molecule has 0 aliphatic carbocycles. The van der Waals surface area contributed by atoms with Crippen LogP contribution in [0.2, 0.25) is 5.02 Å². The zero-order valence-corrected chi connectivity index (χ0v) is 14.3. The number of methoxy groups -OCH3 is 1. The molecule has 0 saturated heterocycles. The lowest BCUT2D eigenvalue weighted by Gasteiger charge is -2.11. The van der Waals surface area contributed by atoms with Crippen molar-refractivity contribution in [2.45, 2.75) is 6.54 Å². The van der Waals surface area contributed by atoms with Gasteiger partial charge in [-0.15, -0.1) is 0 Å². The molecule has 0 radical (unpaired) electrons. The molecular weight excluding hydrogens is 328 g/mol. The molecule has 0 spiro atoms. The van der Waals surface area contributed by atoms with Crippen molar-refractivity contribution in [1.29, 1.82) is 0 Å². The first-order valence-corrected chi connectivity index (χ1v) is 7.96. The van der Waals surface area contributed by atoms with Crippen LogP contribution < -0.4 is 10.6 Å². The van der Waals surface area contributed by atoms with Crippen LogP contribution in [0.4, 0.5) is 11.8 Å². The lowest BCUT2D eigenvalue weighted by Crippen LogP contribution is -2.12. The van der Waals surface area contributed by atoms with Gasteiger partial charge >= 0.3 is 0 Å². The molecule has 1 aromatic carbocycles. The van der Waals surface area contributed by atoms with Gasteiger partial charge in [-0.3, -0.25) is 4.68 Å². The first kappa shape index (κ1) is 16.5. The first-order valence-electron chi connectivity index (χ1n) is 7.59. The Morgan fingerprint density at radius 3 is 2.83 bits per heavy atom. The minimum Gasteiger partial charge on any atom is -0.383 e. The topological polar surface area (TPSA) is 76.9 Å². The van der Waals surface area contributed by atoms with Crippen LogP contribution in [0.1, 0.15) is 5.56 Å². The molecule has 0 aliphatic rings. The van der Waals surface area contributed by atoms with Crippen LogP contribution in [0.5, 0.6) is 0 Å². The van der Waals surface area contributed by atoms with Gasteiger partial charge in [-0.1, -0.05) is 29.8 Å². The van der Waals surface area contributed by atoms with Crippen molar-refractivity contribution in [3.63, 3.8) is 0 Å². The Balaban J connectivity index is 1.86. The third-order valence-electron chi connectivity index (χ3n) is 3.59. The third kappa shape index (κ3) is 3.58. The summed E-state index contributed by atoms with van der Waals surface area (Å²) >= 11 is 6.21. The number of fused-ring (bicyclic) bond motifs is 1. The van der Waals surface area contributed by atoms with Gasteiger partial charge in [-0.25, -0.2) is 0 Å². The molecule has 126 valence electrons. The minimum absolute atomic E-state index is 0.532. The van der Waals surface area contributed by atoms with Crippen molar-refractivity contribution < 1.29 is 4.74 Å². The Kier molecular flexibility index (Phi) is 5.12. The fourth-order valence-electron chi connectivity index (χ4n) is 2.32. The van der Waals surface area contributed by atoms with E-state index in [1.165, 1.54) is 0 Å². The average Bonchev–Trinajstić information content (AvgIpc) is 2.96. The highest BCUT2D eigenvalue weighted by atomic mass is 35.5. The highest BCUT2D eigenvalue weighted by Crippen LogP contribution is 2.23. The van der Waals surface area contributed by atoms with Crippen LogP contribution in [0.15, 0.2) is 30.5 Å². The number of nitrogens with zero attached hydrogens (tertiary/aromatic N) is 4. The van der Waals surface area contributed by atoms with Crippen LogP contribution in [-0.4, -0.2) is 40.0 Å². The maximum atomic E-state index is 6.21. The van der Waals surface area contributed by atoms with E-state index in [2.05, 4.69) is 25.7 Å². The summed E-state index contributed by atoms with van der Waals surface area (Å²) in [7, 11) is 3.51. The zero-order valence-electron chi connectivity index (χ0n) is 13.6. The average molecular weight is 347 g/mol. The number of halogens is 1. The Hall–Kier alpha value is -2.38. The molecule has 2 heterocycles. The van der Waals surface area contributed by atoms with Crippen LogP contribution in [-0.2, 0) is 18.3 Å². The predicted molar refractivity (Wildman–Crippen MR) is 95.4 cm³/mol. The van der Waals surface area contributed by atoms with E-state index in [0.717, 1.165) is 21.6 Å². The number of ether oxygens (including phenoxy) is 1. The van der Waals surface area contributed by atoms with Gasteiger partial charge in [0.2, 0.25) is 5.95 Å². The van der Waals surface area contributed by atoms with E-state index in [1.54, 1.807) is 18.0 Å². The fourth-order valence-corrected chi connectivity index (χ4v) is 2.52. The van der Waals surface area contributed by atoms with Crippen LogP contribution in [0, 0.1) is 0 Å². The minimum atomic E-state index is 0.532. The maximum absolute atomic E-state index is 6.21. The van der Waals surface area contributed by atoms with E-state index < -0.39 is 0 Å². The first-order chi connectivity index (χ1) is 11.7. The number of aryl methyl sites for hydroxylation is 1. The predicted octanol–water partition coefficient (Wildman–Crippen LogP) is 2.69. The summed E-state index contributed by atoms with van der Waals surface area (Å²) in [4.78, 5) is 9.04. The van der Waals surface area contributed by atoms with E-state index in [9.17, 15) is 0 Å². The SMILES string of the molecule is COCCNc1nc(NCc2ccccc2Cl)c2cnn(C)c2n1. The Morgan fingerprint density at radius 1 is 1.21 bits per heavy atom. The third-order valence-corrected chi connectivity index (χ3v) is 3.95. The van der Waals surface area contributed by atoms with Gasteiger partial charge < -0.3 is 15.4 Å². The van der Waals surface area contributed by atoms with E-state index in [1.807, 2.05) is 31.3 Å². The Labute approximate surface area is 145 Å². The summed E-state index contributed by atoms with van der Waals surface area (Å²) in [5.41, 5.74) is 1.76. The van der Waals surface area contributed by atoms with E-state index in [4.69, 9.17) is 16.3 Å². The molecule has 7 nitrogen and oxygen atoms in total. The highest BCUT2D eigenvalue weighted by molar-refractivity contribution is 6.31. The number of rotatable bonds is 7. The highest BCUT2D eigenvalue weighted by Gasteiger charge is 2.11. The lowest BCUT2D eigenvalue weighted by molar-refractivity contribution is 0.210. The van der Waals surface area contributed by atoms with Crippen LogP contribution >= 0.6 is 11.6 Å². The summed E-state index contributed by atoms with van der Waals surface area (Å²) in [5, 5.41) is 12.3. The maximum Gasteiger partial charge on any atom is 0.226 e. The quantitative estimate of drug-likeness (QED) is 0.640. The normalized spacial score (nSPS) is 11.0. The smallest absolute Gasteiger partial charge is 0.226 e. The molecule has 24 heavy (non-hydrogen) atoms. The van der Waals surface area contributed by atoms with Crippen LogP contribution in [0.25, 0.3) is 11.0 Å². The Morgan fingerprint density at radius 2 is 2.04 bits per heavy atom. The summed E-state index contributed by atoms with van der Waals surface area (Å²) in [6.45, 7) is 1.77. The molecule has 3 rings (SSSR count). The van der Waals surface area contributed by atoms with Gasteiger partial charge in [-0.2, -0.15) is 15.1 Å².